The van der Waals surface area contributed by atoms with Crippen molar-refractivity contribution in [2.24, 2.45) is 4.99 Å². The van der Waals surface area contributed by atoms with Crippen LogP contribution in [0.15, 0.2) is 47.5 Å². The molecule has 0 saturated carbocycles. The third-order valence-corrected chi connectivity index (χ3v) is 5.86. The number of likely N-dealkylation sites (tertiary alicyclic amines) is 1. The van der Waals surface area contributed by atoms with Gasteiger partial charge in [0, 0.05) is 43.6 Å². The highest BCUT2D eigenvalue weighted by Gasteiger charge is 2.18. The second kappa shape index (κ2) is 11.0. The standard InChI is InChI=1S/C25H31N3O4/c1-30-23-7-5-6-20(25(23)32-19-24(29)28-12-3-2-4-13-28)18-26-21-8-10-22(11-9-21)27-14-16-31-17-15-27/h5-11,18H,2-4,12-17,19H2,1H3. The van der Waals surface area contributed by atoms with E-state index in [4.69, 9.17) is 14.2 Å². The number of hydrogen-bond donors (Lipinski definition) is 0. The van der Waals surface area contributed by atoms with Crippen LogP contribution in [0.1, 0.15) is 24.8 Å². The SMILES string of the molecule is COc1cccc(C=Nc2ccc(N3CCOCC3)cc2)c1OCC(=O)N1CCCCC1. The molecule has 7 heteroatoms. The van der Waals surface area contributed by atoms with Crippen LogP contribution in [0.2, 0.25) is 0 Å². The van der Waals surface area contributed by atoms with Crippen molar-refractivity contribution in [3.05, 3.63) is 48.0 Å². The van der Waals surface area contributed by atoms with Crippen LogP contribution in [-0.4, -0.2) is 70.1 Å². The third kappa shape index (κ3) is 5.59. The summed E-state index contributed by atoms with van der Waals surface area (Å²) in [6.45, 7) is 4.95. The average molecular weight is 438 g/mol. The number of aliphatic imine (C=N–C) groups is 1. The van der Waals surface area contributed by atoms with Crippen molar-refractivity contribution in [1.82, 2.24) is 4.90 Å². The van der Waals surface area contributed by atoms with E-state index in [1.54, 1.807) is 13.3 Å². The van der Waals surface area contributed by atoms with Gasteiger partial charge < -0.3 is 24.0 Å². The molecule has 0 bridgehead atoms. The lowest BCUT2D eigenvalue weighted by Gasteiger charge is -2.28. The quantitative estimate of drug-likeness (QED) is 0.619. The molecule has 0 spiro atoms. The third-order valence-electron chi connectivity index (χ3n) is 5.86. The number of carbonyl (C=O) groups is 1. The minimum absolute atomic E-state index is 0.00450. The van der Waals surface area contributed by atoms with Gasteiger partial charge in [0.1, 0.15) is 0 Å². The van der Waals surface area contributed by atoms with E-state index in [1.807, 2.05) is 35.2 Å². The maximum atomic E-state index is 12.5. The topological polar surface area (TPSA) is 63.6 Å². The summed E-state index contributed by atoms with van der Waals surface area (Å²) in [5, 5.41) is 0. The van der Waals surface area contributed by atoms with Gasteiger partial charge in [-0.15, -0.1) is 0 Å². The summed E-state index contributed by atoms with van der Waals surface area (Å²) in [5.41, 5.74) is 2.79. The summed E-state index contributed by atoms with van der Waals surface area (Å²) in [7, 11) is 1.60. The molecule has 2 aromatic carbocycles. The normalized spacial score (nSPS) is 16.9. The summed E-state index contributed by atoms with van der Waals surface area (Å²) >= 11 is 0. The number of nitrogens with zero attached hydrogens (tertiary/aromatic N) is 3. The van der Waals surface area contributed by atoms with Gasteiger partial charge in [0.05, 0.1) is 26.0 Å². The molecule has 170 valence electrons. The molecule has 0 unspecified atom stereocenters. The maximum absolute atomic E-state index is 12.5. The summed E-state index contributed by atoms with van der Waals surface area (Å²) in [4.78, 5) is 21.3. The molecular weight excluding hydrogens is 406 g/mol. The van der Waals surface area contributed by atoms with Crippen molar-refractivity contribution in [2.75, 3.05) is 58.0 Å². The first-order chi connectivity index (χ1) is 15.7. The van der Waals surface area contributed by atoms with Crippen LogP contribution in [-0.2, 0) is 9.53 Å². The van der Waals surface area contributed by atoms with Gasteiger partial charge in [0.15, 0.2) is 18.1 Å². The Morgan fingerprint density at radius 3 is 2.50 bits per heavy atom. The zero-order chi connectivity index (χ0) is 22.2. The Morgan fingerprint density at radius 2 is 1.78 bits per heavy atom. The molecule has 7 nitrogen and oxygen atoms in total. The van der Waals surface area contributed by atoms with E-state index in [2.05, 4.69) is 22.0 Å². The Kier molecular flexibility index (Phi) is 7.61. The van der Waals surface area contributed by atoms with Gasteiger partial charge in [-0.1, -0.05) is 6.07 Å². The van der Waals surface area contributed by atoms with Gasteiger partial charge >= 0.3 is 0 Å². The smallest absolute Gasteiger partial charge is 0.260 e. The van der Waals surface area contributed by atoms with Crippen LogP contribution in [0, 0.1) is 0 Å². The Bertz CT molecular complexity index is 917. The molecule has 0 atom stereocenters. The van der Waals surface area contributed by atoms with Gasteiger partial charge in [-0.2, -0.15) is 0 Å². The van der Waals surface area contributed by atoms with E-state index in [0.717, 1.165) is 63.5 Å². The molecule has 0 N–H and O–H groups in total. The molecule has 0 aromatic heterocycles. The molecule has 2 aliphatic rings. The molecule has 32 heavy (non-hydrogen) atoms. The summed E-state index contributed by atoms with van der Waals surface area (Å²) in [5.74, 6) is 1.13. The molecular formula is C25H31N3O4. The second-order valence-corrected chi connectivity index (χ2v) is 7.98. The van der Waals surface area contributed by atoms with Gasteiger partial charge in [0.2, 0.25) is 0 Å². The van der Waals surface area contributed by atoms with Crippen LogP contribution in [0.3, 0.4) is 0 Å². The van der Waals surface area contributed by atoms with E-state index in [-0.39, 0.29) is 12.5 Å². The Labute approximate surface area is 189 Å². The minimum atomic E-state index is -0.00450. The minimum Gasteiger partial charge on any atom is -0.493 e. The predicted molar refractivity (Wildman–Crippen MR) is 126 cm³/mol. The Morgan fingerprint density at radius 1 is 1.03 bits per heavy atom. The number of morpholine rings is 1. The predicted octanol–water partition coefficient (Wildman–Crippen LogP) is 3.67. The van der Waals surface area contributed by atoms with Crippen molar-refractivity contribution in [3.8, 4) is 11.5 Å². The van der Waals surface area contributed by atoms with Crippen LogP contribution in [0.5, 0.6) is 11.5 Å². The fourth-order valence-electron chi connectivity index (χ4n) is 4.03. The fraction of sp³-hybridized carbons (Fsp3) is 0.440. The number of para-hydroxylation sites is 1. The van der Waals surface area contributed by atoms with Crippen molar-refractivity contribution < 1.29 is 19.0 Å². The Hall–Kier alpha value is -3.06. The summed E-state index contributed by atoms with van der Waals surface area (Å²) in [6.07, 6.45) is 5.06. The maximum Gasteiger partial charge on any atom is 0.260 e. The lowest BCUT2D eigenvalue weighted by molar-refractivity contribution is -0.134. The molecule has 2 heterocycles. The van der Waals surface area contributed by atoms with E-state index in [9.17, 15) is 4.79 Å². The van der Waals surface area contributed by atoms with E-state index >= 15 is 0 Å². The number of benzene rings is 2. The van der Waals surface area contributed by atoms with Crippen LogP contribution < -0.4 is 14.4 Å². The van der Waals surface area contributed by atoms with Gasteiger partial charge in [0.25, 0.3) is 5.91 Å². The lowest BCUT2D eigenvalue weighted by atomic mass is 10.1. The fourth-order valence-corrected chi connectivity index (χ4v) is 4.03. The molecule has 2 aromatic rings. The highest BCUT2D eigenvalue weighted by molar-refractivity contribution is 5.87. The van der Waals surface area contributed by atoms with Crippen molar-refractivity contribution >= 4 is 23.5 Å². The zero-order valence-corrected chi connectivity index (χ0v) is 18.7. The van der Waals surface area contributed by atoms with Crippen LogP contribution in [0.25, 0.3) is 0 Å². The number of methoxy groups -OCH3 is 1. The molecule has 0 radical (unpaired) electrons. The number of hydrogen-bond acceptors (Lipinski definition) is 6. The first-order valence-corrected chi connectivity index (χ1v) is 11.3. The first-order valence-electron chi connectivity index (χ1n) is 11.3. The van der Waals surface area contributed by atoms with Crippen molar-refractivity contribution in [3.63, 3.8) is 0 Å². The molecule has 2 aliphatic heterocycles. The lowest BCUT2D eigenvalue weighted by Crippen LogP contribution is -2.38. The van der Waals surface area contributed by atoms with E-state index in [1.165, 1.54) is 12.1 Å². The highest BCUT2D eigenvalue weighted by atomic mass is 16.5. The van der Waals surface area contributed by atoms with Gasteiger partial charge in [-0.3, -0.25) is 9.79 Å². The van der Waals surface area contributed by atoms with Crippen molar-refractivity contribution in [1.29, 1.82) is 0 Å². The number of rotatable bonds is 7. The highest BCUT2D eigenvalue weighted by Crippen LogP contribution is 2.31. The largest absolute Gasteiger partial charge is 0.493 e. The first kappa shape index (κ1) is 22.1. The molecule has 1 amide bonds. The van der Waals surface area contributed by atoms with Crippen LogP contribution in [0.4, 0.5) is 11.4 Å². The van der Waals surface area contributed by atoms with Crippen molar-refractivity contribution in [2.45, 2.75) is 19.3 Å². The number of anilines is 1. The molecule has 2 saturated heterocycles. The number of piperidine rings is 1. The molecule has 0 aliphatic carbocycles. The molecule has 2 fully saturated rings. The van der Waals surface area contributed by atoms with Crippen LogP contribution >= 0.6 is 0 Å². The number of ether oxygens (including phenoxy) is 3. The van der Waals surface area contributed by atoms with E-state index in [0.29, 0.717) is 11.5 Å². The number of carbonyl (C=O) groups excluding carboxylic acids is 1. The second-order valence-electron chi connectivity index (χ2n) is 7.98. The average Bonchev–Trinajstić information content (AvgIpc) is 2.87. The molecule has 4 rings (SSSR count). The van der Waals surface area contributed by atoms with E-state index < -0.39 is 0 Å². The monoisotopic (exact) mass is 437 g/mol. The summed E-state index contributed by atoms with van der Waals surface area (Å²) in [6, 6.07) is 13.8. The number of amides is 1. The van der Waals surface area contributed by atoms with Gasteiger partial charge in [-0.05, 0) is 55.7 Å². The van der Waals surface area contributed by atoms with Gasteiger partial charge in [-0.25, -0.2) is 0 Å². The summed E-state index contributed by atoms with van der Waals surface area (Å²) < 4.78 is 16.8. The zero-order valence-electron chi connectivity index (χ0n) is 18.7. The Balaban J connectivity index is 1.44.